The van der Waals surface area contributed by atoms with Gasteiger partial charge in [-0.05, 0) is 42.0 Å². The van der Waals surface area contributed by atoms with Gasteiger partial charge in [0.25, 0.3) is 5.91 Å². The van der Waals surface area contributed by atoms with Gasteiger partial charge in [0.1, 0.15) is 5.60 Å². The van der Waals surface area contributed by atoms with Crippen LogP contribution in [0.1, 0.15) is 45.5 Å². The molecule has 0 saturated carbocycles. The van der Waals surface area contributed by atoms with Crippen molar-refractivity contribution in [1.82, 2.24) is 14.5 Å². The summed E-state index contributed by atoms with van der Waals surface area (Å²) in [4.78, 5) is 19.6. The van der Waals surface area contributed by atoms with Gasteiger partial charge in [-0.1, -0.05) is 66.7 Å². The number of likely N-dealkylation sites (tertiary alicyclic amines) is 1. The lowest BCUT2D eigenvalue weighted by atomic mass is 9.72. The van der Waals surface area contributed by atoms with Crippen molar-refractivity contribution in [2.45, 2.75) is 25.0 Å². The minimum absolute atomic E-state index is 0.0396. The molecule has 36 heavy (non-hydrogen) atoms. The zero-order valence-corrected chi connectivity index (χ0v) is 20.0. The lowest BCUT2D eigenvalue weighted by molar-refractivity contribution is -0.0122. The topological polar surface area (TPSA) is 82.1 Å². The first-order valence-corrected chi connectivity index (χ1v) is 12.2. The molecule has 4 aromatic rings. The van der Waals surface area contributed by atoms with Crippen molar-refractivity contribution in [3.8, 4) is 6.07 Å². The second kappa shape index (κ2) is 10.2. The molecule has 1 N–H and O–H groups in total. The van der Waals surface area contributed by atoms with Crippen LogP contribution in [0.4, 0.5) is 0 Å². The Kier molecular flexibility index (Phi) is 6.66. The molecule has 2 heterocycles. The van der Waals surface area contributed by atoms with Crippen molar-refractivity contribution in [1.29, 1.82) is 5.26 Å². The number of imidazole rings is 1. The molecular formula is C30H28N4O2. The second-order valence-electron chi connectivity index (χ2n) is 9.24. The van der Waals surface area contributed by atoms with Gasteiger partial charge >= 0.3 is 0 Å². The molecule has 1 amide bonds. The molecule has 1 aliphatic rings. The first-order chi connectivity index (χ1) is 17.6. The molecule has 0 spiro atoms. The molecule has 5 rings (SSSR count). The molecular weight excluding hydrogens is 448 g/mol. The first-order valence-electron chi connectivity index (χ1n) is 12.2. The average molecular weight is 477 g/mol. The zero-order chi connectivity index (χ0) is 25.0. The number of hydrogen-bond donors (Lipinski definition) is 1. The number of benzene rings is 3. The highest BCUT2D eigenvalue weighted by Gasteiger charge is 2.42. The number of nitrogens with zero attached hydrogens (tertiary/aromatic N) is 4. The van der Waals surface area contributed by atoms with Gasteiger partial charge in [-0.2, -0.15) is 5.26 Å². The largest absolute Gasteiger partial charge is 0.380 e. The molecule has 1 aliphatic heterocycles. The molecule has 0 unspecified atom stereocenters. The monoisotopic (exact) mass is 476 g/mol. The highest BCUT2D eigenvalue weighted by Crippen LogP contribution is 2.42. The van der Waals surface area contributed by atoms with Crippen LogP contribution in [0.3, 0.4) is 0 Å². The van der Waals surface area contributed by atoms with E-state index in [9.17, 15) is 15.2 Å². The third-order valence-corrected chi connectivity index (χ3v) is 7.23. The Morgan fingerprint density at radius 3 is 2.17 bits per heavy atom. The summed E-state index contributed by atoms with van der Waals surface area (Å²) in [7, 11) is 0. The van der Waals surface area contributed by atoms with Crippen molar-refractivity contribution in [2.24, 2.45) is 5.92 Å². The number of aromatic nitrogens is 2. The maximum Gasteiger partial charge on any atom is 0.254 e. The predicted molar refractivity (Wildman–Crippen MR) is 137 cm³/mol. The lowest BCUT2D eigenvalue weighted by Gasteiger charge is -2.42. The van der Waals surface area contributed by atoms with E-state index < -0.39 is 5.60 Å². The normalized spacial score (nSPS) is 14.4. The highest BCUT2D eigenvalue weighted by molar-refractivity contribution is 5.96. The molecule has 6 heteroatoms. The third kappa shape index (κ3) is 4.41. The summed E-state index contributed by atoms with van der Waals surface area (Å²) >= 11 is 0. The third-order valence-electron chi connectivity index (χ3n) is 7.23. The molecule has 6 nitrogen and oxygen atoms in total. The predicted octanol–water partition coefficient (Wildman–Crippen LogP) is 4.59. The van der Waals surface area contributed by atoms with E-state index in [1.165, 1.54) is 0 Å². The van der Waals surface area contributed by atoms with E-state index in [-0.39, 0.29) is 11.8 Å². The summed E-state index contributed by atoms with van der Waals surface area (Å²) in [5.74, 6) is -0.120. The van der Waals surface area contributed by atoms with E-state index in [2.05, 4.69) is 11.1 Å². The Labute approximate surface area is 211 Å². The van der Waals surface area contributed by atoms with Crippen LogP contribution in [0.25, 0.3) is 0 Å². The summed E-state index contributed by atoms with van der Waals surface area (Å²) < 4.78 is 1.86. The quantitative estimate of drug-likeness (QED) is 0.441. The first kappa shape index (κ1) is 23.5. The van der Waals surface area contributed by atoms with Crippen molar-refractivity contribution in [3.05, 3.63) is 125 Å². The fourth-order valence-corrected chi connectivity index (χ4v) is 5.32. The van der Waals surface area contributed by atoms with Crippen LogP contribution >= 0.6 is 0 Å². The smallest absolute Gasteiger partial charge is 0.254 e. The van der Waals surface area contributed by atoms with Crippen LogP contribution in [-0.4, -0.2) is 38.6 Å². The number of piperidine rings is 1. The van der Waals surface area contributed by atoms with Crippen LogP contribution in [0.2, 0.25) is 0 Å². The van der Waals surface area contributed by atoms with Crippen LogP contribution < -0.4 is 0 Å². The number of carbonyl (C=O) groups excluding carboxylic acids is 1. The Balaban J connectivity index is 1.39. The number of amides is 1. The minimum atomic E-state index is -1.13. The molecule has 0 atom stereocenters. The highest BCUT2D eigenvalue weighted by atomic mass is 16.3. The van der Waals surface area contributed by atoms with E-state index in [0.29, 0.717) is 49.2 Å². The molecule has 0 radical (unpaired) electrons. The molecule has 3 aromatic carbocycles. The van der Waals surface area contributed by atoms with Gasteiger partial charge in [-0.25, -0.2) is 4.98 Å². The van der Waals surface area contributed by atoms with Crippen LogP contribution in [0, 0.1) is 17.2 Å². The number of hydrogen-bond acceptors (Lipinski definition) is 4. The molecule has 1 saturated heterocycles. The van der Waals surface area contributed by atoms with E-state index in [1.807, 2.05) is 76.3 Å². The summed E-state index contributed by atoms with van der Waals surface area (Å²) in [6.07, 6.45) is 6.52. The second-order valence-corrected chi connectivity index (χ2v) is 9.24. The summed E-state index contributed by atoms with van der Waals surface area (Å²) in [5.41, 5.74) is 2.34. The van der Waals surface area contributed by atoms with Crippen LogP contribution in [0.5, 0.6) is 0 Å². The van der Waals surface area contributed by atoms with Crippen LogP contribution in [0.15, 0.2) is 97.6 Å². The summed E-state index contributed by atoms with van der Waals surface area (Å²) in [5, 5.41) is 21.8. The van der Waals surface area contributed by atoms with Gasteiger partial charge < -0.3 is 14.6 Å². The molecule has 0 bridgehead atoms. The molecule has 1 aromatic heterocycles. The van der Waals surface area contributed by atoms with E-state index in [4.69, 9.17) is 0 Å². The van der Waals surface area contributed by atoms with Gasteiger partial charge in [0, 0.05) is 36.6 Å². The molecule has 180 valence electrons. The summed E-state index contributed by atoms with van der Waals surface area (Å²) in [6.45, 7) is 1.47. The van der Waals surface area contributed by atoms with Gasteiger partial charge in [-0.3, -0.25) is 4.79 Å². The average Bonchev–Trinajstić information content (AvgIpc) is 3.46. The van der Waals surface area contributed by atoms with Crippen molar-refractivity contribution in [3.63, 3.8) is 0 Å². The number of nitriles is 1. The maximum absolute atomic E-state index is 13.6. The number of carbonyl (C=O) groups is 1. The van der Waals surface area contributed by atoms with Crippen molar-refractivity contribution < 1.29 is 9.90 Å². The number of rotatable bonds is 6. The van der Waals surface area contributed by atoms with E-state index >= 15 is 0 Å². The standard InChI is InChI=1S/C30H28N4O2/c31-20-23-8-7-13-27(28(23)21-33-19-16-32-22-33)29(35)34-17-14-26(15-18-34)30(36,24-9-3-1-4-10-24)25-11-5-2-6-12-25/h1-13,16,19,22,26,36H,14-15,17-18,21H2. The fourth-order valence-electron chi connectivity index (χ4n) is 5.32. The van der Waals surface area contributed by atoms with Gasteiger partial charge in [0.2, 0.25) is 0 Å². The van der Waals surface area contributed by atoms with E-state index in [1.54, 1.807) is 30.7 Å². The summed E-state index contributed by atoms with van der Waals surface area (Å²) in [6, 6.07) is 27.1. The maximum atomic E-state index is 13.6. The Morgan fingerprint density at radius 2 is 1.61 bits per heavy atom. The van der Waals surface area contributed by atoms with Gasteiger partial charge in [0.05, 0.1) is 24.5 Å². The van der Waals surface area contributed by atoms with E-state index in [0.717, 1.165) is 11.1 Å². The molecule has 1 fully saturated rings. The Morgan fingerprint density at radius 1 is 0.972 bits per heavy atom. The van der Waals surface area contributed by atoms with Crippen molar-refractivity contribution in [2.75, 3.05) is 13.1 Å². The Bertz CT molecular complexity index is 1310. The van der Waals surface area contributed by atoms with Gasteiger partial charge in [0.15, 0.2) is 0 Å². The zero-order valence-electron chi connectivity index (χ0n) is 20.0. The SMILES string of the molecule is N#Cc1cccc(C(=O)N2CCC(C(O)(c3ccccc3)c3ccccc3)CC2)c1Cn1ccnc1. The number of aliphatic hydroxyl groups is 1. The van der Waals surface area contributed by atoms with Crippen molar-refractivity contribution >= 4 is 5.91 Å². The van der Waals surface area contributed by atoms with Crippen LogP contribution in [-0.2, 0) is 12.1 Å². The fraction of sp³-hybridized carbons (Fsp3) is 0.233. The van der Waals surface area contributed by atoms with Gasteiger partial charge in [-0.15, -0.1) is 0 Å². The minimum Gasteiger partial charge on any atom is -0.380 e. The Hall–Kier alpha value is -4.21. The lowest BCUT2D eigenvalue weighted by Crippen LogP contribution is -2.46. The molecule has 0 aliphatic carbocycles.